The van der Waals surface area contributed by atoms with Crippen LogP contribution >= 0.6 is 0 Å². The molecule has 2 aliphatic rings. The predicted molar refractivity (Wildman–Crippen MR) is 44.6 cm³/mol. The van der Waals surface area contributed by atoms with Gasteiger partial charge in [0.2, 0.25) is 0 Å². The molecule has 2 heteroatoms. The highest BCUT2D eigenvalue weighted by atomic mass is 16.5. The quantitative estimate of drug-likeness (QED) is 0.613. The lowest BCUT2D eigenvalue weighted by atomic mass is 9.99. The van der Waals surface area contributed by atoms with Crippen LogP contribution < -0.4 is 5.32 Å². The first-order valence-electron chi connectivity index (χ1n) is 4.55. The van der Waals surface area contributed by atoms with Crippen LogP contribution in [0, 0.1) is 5.41 Å². The Hall–Kier alpha value is -0.0800. The topological polar surface area (TPSA) is 21.3 Å². The van der Waals surface area contributed by atoms with Crippen molar-refractivity contribution in [3.8, 4) is 0 Å². The first-order chi connectivity index (χ1) is 5.22. The van der Waals surface area contributed by atoms with Crippen molar-refractivity contribution in [3.63, 3.8) is 0 Å². The molecule has 0 aromatic rings. The normalized spacial score (nSPS) is 49.6. The van der Waals surface area contributed by atoms with Crippen molar-refractivity contribution >= 4 is 0 Å². The molecule has 1 saturated carbocycles. The summed E-state index contributed by atoms with van der Waals surface area (Å²) in [5.41, 5.74) is 0.882. The first kappa shape index (κ1) is 7.56. The van der Waals surface area contributed by atoms with Crippen LogP contribution in [0.5, 0.6) is 0 Å². The summed E-state index contributed by atoms with van der Waals surface area (Å²) in [4.78, 5) is 0. The Kier molecular flexibility index (Phi) is 1.52. The first-order valence-corrected chi connectivity index (χ1v) is 4.55. The number of rotatable bonds is 1. The number of nitrogens with one attached hydrogen (secondary N) is 1. The minimum atomic E-state index is 0.361. The molecular weight excluding hydrogens is 138 g/mol. The molecule has 1 aliphatic carbocycles. The fraction of sp³-hybridized carbons (Fsp3) is 1.00. The number of hydrogen-bond acceptors (Lipinski definition) is 2. The minimum absolute atomic E-state index is 0.361. The summed E-state index contributed by atoms with van der Waals surface area (Å²) in [5, 5.41) is 3.59. The van der Waals surface area contributed by atoms with Crippen LogP contribution in [0.25, 0.3) is 0 Å². The van der Waals surface area contributed by atoms with Gasteiger partial charge in [0.25, 0.3) is 0 Å². The molecule has 1 N–H and O–H groups in total. The third-order valence-corrected chi connectivity index (χ3v) is 3.56. The van der Waals surface area contributed by atoms with Crippen molar-refractivity contribution in [2.45, 2.75) is 32.2 Å². The second-order valence-electron chi connectivity index (χ2n) is 4.15. The molecule has 1 heterocycles. The molecule has 1 spiro atoms. The van der Waals surface area contributed by atoms with Gasteiger partial charge in [-0.25, -0.2) is 0 Å². The molecule has 2 rings (SSSR count). The van der Waals surface area contributed by atoms with Crippen LogP contribution in [-0.4, -0.2) is 25.3 Å². The Morgan fingerprint density at radius 3 is 2.82 bits per heavy atom. The van der Waals surface area contributed by atoms with E-state index in [2.05, 4.69) is 19.2 Å². The van der Waals surface area contributed by atoms with Gasteiger partial charge in [-0.2, -0.15) is 0 Å². The Labute approximate surface area is 68.3 Å². The van der Waals surface area contributed by atoms with E-state index in [1.54, 1.807) is 0 Å². The maximum absolute atomic E-state index is 5.48. The molecule has 2 nitrogen and oxygen atoms in total. The second-order valence-corrected chi connectivity index (χ2v) is 4.15. The van der Waals surface area contributed by atoms with E-state index < -0.39 is 0 Å². The van der Waals surface area contributed by atoms with E-state index >= 15 is 0 Å². The van der Waals surface area contributed by atoms with E-state index in [9.17, 15) is 0 Å². The Morgan fingerprint density at radius 2 is 2.36 bits per heavy atom. The number of hydrogen-bond donors (Lipinski definition) is 1. The third kappa shape index (κ3) is 0.926. The van der Waals surface area contributed by atoms with Gasteiger partial charge in [-0.1, -0.05) is 13.8 Å². The van der Waals surface area contributed by atoms with Crippen LogP contribution in [-0.2, 0) is 4.74 Å². The van der Waals surface area contributed by atoms with Gasteiger partial charge in [0.15, 0.2) is 0 Å². The van der Waals surface area contributed by atoms with E-state index in [4.69, 9.17) is 4.74 Å². The summed E-state index contributed by atoms with van der Waals surface area (Å²) in [6.45, 7) is 7.48. The molecule has 0 unspecified atom stereocenters. The summed E-state index contributed by atoms with van der Waals surface area (Å²) in [6, 6.07) is 0. The molecule has 2 fully saturated rings. The van der Waals surface area contributed by atoms with Gasteiger partial charge in [-0.15, -0.1) is 0 Å². The van der Waals surface area contributed by atoms with Crippen LogP contribution in [0.3, 0.4) is 0 Å². The molecule has 2 atom stereocenters. The summed E-state index contributed by atoms with van der Waals surface area (Å²) in [6.07, 6.45) is 2.57. The third-order valence-electron chi connectivity index (χ3n) is 3.56. The standard InChI is InChI=1S/C9H17NO/c1-3-8(2)6-9(8)7-11-5-4-10-9/h10H,3-7H2,1-2H3/t8-,9+/m1/s1. The van der Waals surface area contributed by atoms with Crippen LogP contribution in [0.4, 0.5) is 0 Å². The van der Waals surface area contributed by atoms with E-state index in [1.807, 2.05) is 0 Å². The van der Waals surface area contributed by atoms with Crippen molar-refractivity contribution < 1.29 is 4.74 Å². The summed E-state index contributed by atoms with van der Waals surface area (Å²) in [5.74, 6) is 0. The molecule has 1 saturated heterocycles. The number of morpholine rings is 1. The SMILES string of the molecule is CC[C@]1(C)C[C@]12COCCN2. The predicted octanol–water partition coefficient (Wildman–Crippen LogP) is 1.17. The molecule has 0 amide bonds. The average Bonchev–Trinajstić information content (AvgIpc) is 2.59. The highest BCUT2D eigenvalue weighted by Gasteiger charge is 2.63. The maximum Gasteiger partial charge on any atom is 0.0654 e. The van der Waals surface area contributed by atoms with Crippen molar-refractivity contribution in [1.29, 1.82) is 0 Å². The van der Waals surface area contributed by atoms with Crippen LogP contribution in [0.2, 0.25) is 0 Å². The highest BCUT2D eigenvalue weighted by Crippen LogP contribution is 2.58. The van der Waals surface area contributed by atoms with Gasteiger partial charge in [-0.05, 0) is 18.3 Å². The molecule has 64 valence electrons. The largest absolute Gasteiger partial charge is 0.378 e. The van der Waals surface area contributed by atoms with Gasteiger partial charge in [0, 0.05) is 12.1 Å². The maximum atomic E-state index is 5.48. The Bertz CT molecular complexity index is 157. The van der Waals surface area contributed by atoms with Crippen molar-refractivity contribution in [2.75, 3.05) is 19.8 Å². The fourth-order valence-corrected chi connectivity index (χ4v) is 2.25. The molecule has 1 aliphatic heterocycles. The van der Waals surface area contributed by atoms with Gasteiger partial charge in [-0.3, -0.25) is 0 Å². The smallest absolute Gasteiger partial charge is 0.0654 e. The van der Waals surface area contributed by atoms with Crippen molar-refractivity contribution in [1.82, 2.24) is 5.32 Å². The molecule has 0 bridgehead atoms. The summed E-state index contributed by atoms with van der Waals surface area (Å²) in [7, 11) is 0. The minimum Gasteiger partial charge on any atom is -0.378 e. The highest BCUT2D eigenvalue weighted by molar-refractivity contribution is 5.19. The van der Waals surface area contributed by atoms with Gasteiger partial charge in [0.05, 0.1) is 13.2 Å². The van der Waals surface area contributed by atoms with Gasteiger partial charge in [0.1, 0.15) is 0 Å². The van der Waals surface area contributed by atoms with Crippen molar-refractivity contribution in [3.05, 3.63) is 0 Å². The molecular formula is C9H17NO. The molecule has 11 heavy (non-hydrogen) atoms. The van der Waals surface area contributed by atoms with E-state index in [-0.39, 0.29) is 0 Å². The fourth-order valence-electron chi connectivity index (χ4n) is 2.25. The Morgan fingerprint density at radius 1 is 1.55 bits per heavy atom. The summed E-state index contributed by atoms with van der Waals surface area (Å²) >= 11 is 0. The van der Waals surface area contributed by atoms with E-state index in [0.29, 0.717) is 11.0 Å². The monoisotopic (exact) mass is 155 g/mol. The summed E-state index contributed by atoms with van der Waals surface area (Å²) < 4.78 is 5.48. The zero-order chi connectivity index (χ0) is 7.95. The van der Waals surface area contributed by atoms with E-state index in [0.717, 1.165) is 19.8 Å². The molecule has 0 radical (unpaired) electrons. The lowest BCUT2D eigenvalue weighted by Crippen LogP contribution is -2.47. The van der Waals surface area contributed by atoms with Crippen LogP contribution in [0.1, 0.15) is 26.7 Å². The lowest BCUT2D eigenvalue weighted by Gasteiger charge is -2.28. The average molecular weight is 155 g/mol. The zero-order valence-corrected chi connectivity index (χ0v) is 7.44. The molecule has 0 aromatic carbocycles. The van der Waals surface area contributed by atoms with Crippen molar-refractivity contribution in [2.24, 2.45) is 5.41 Å². The van der Waals surface area contributed by atoms with Crippen LogP contribution in [0.15, 0.2) is 0 Å². The second kappa shape index (κ2) is 2.20. The number of ether oxygens (including phenoxy) is 1. The Balaban J connectivity index is 2.03. The van der Waals surface area contributed by atoms with E-state index in [1.165, 1.54) is 12.8 Å². The zero-order valence-electron chi connectivity index (χ0n) is 7.44. The van der Waals surface area contributed by atoms with Gasteiger partial charge >= 0.3 is 0 Å². The molecule has 0 aromatic heterocycles. The van der Waals surface area contributed by atoms with Gasteiger partial charge < -0.3 is 10.1 Å². The lowest BCUT2D eigenvalue weighted by molar-refractivity contribution is 0.0528.